The number of hydrogen-bond acceptors (Lipinski definition) is 2. The smallest absolute Gasteiger partial charge is 0.236 e. The van der Waals surface area contributed by atoms with Gasteiger partial charge in [-0.15, -0.1) is 0 Å². The van der Waals surface area contributed by atoms with E-state index in [1.165, 1.54) is 6.07 Å². The van der Waals surface area contributed by atoms with Crippen molar-refractivity contribution in [1.29, 1.82) is 0 Å². The van der Waals surface area contributed by atoms with Gasteiger partial charge in [-0.2, -0.15) is 5.10 Å². The highest BCUT2D eigenvalue weighted by Gasteiger charge is 2.25. The highest BCUT2D eigenvalue weighted by molar-refractivity contribution is 5.99. The Hall–Kier alpha value is -3.73. The van der Waals surface area contributed by atoms with Gasteiger partial charge in [0.25, 0.3) is 0 Å². The number of aryl methyl sites for hydroxylation is 1. The number of aromatic nitrogens is 2. The van der Waals surface area contributed by atoms with Gasteiger partial charge in [-0.25, -0.2) is 4.39 Å². The maximum Gasteiger partial charge on any atom is 0.236 e. The van der Waals surface area contributed by atoms with Crippen molar-refractivity contribution in [2.75, 3.05) is 5.32 Å². The minimum absolute atomic E-state index is 0.131. The molecule has 0 bridgehead atoms. The predicted molar refractivity (Wildman–Crippen MR) is 121 cm³/mol. The van der Waals surface area contributed by atoms with Crippen molar-refractivity contribution in [2.45, 2.75) is 26.3 Å². The number of halogens is 1. The third kappa shape index (κ3) is 4.40. The second-order valence-electron chi connectivity index (χ2n) is 7.54. The molecule has 31 heavy (non-hydrogen) atoms. The summed E-state index contributed by atoms with van der Waals surface area (Å²) in [4.78, 5) is 13.4. The maximum absolute atomic E-state index is 14.1. The number of nitrogens with zero attached hydrogens (tertiary/aromatic N) is 2. The summed E-state index contributed by atoms with van der Waals surface area (Å²) in [5, 5.41) is 7.62. The summed E-state index contributed by atoms with van der Waals surface area (Å²) in [6, 6.07) is 26.1. The van der Waals surface area contributed by atoms with E-state index < -0.39 is 5.92 Å². The van der Waals surface area contributed by atoms with Crippen molar-refractivity contribution < 1.29 is 9.18 Å². The molecule has 156 valence electrons. The van der Waals surface area contributed by atoms with E-state index in [-0.39, 0.29) is 11.7 Å². The molecule has 1 amide bonds. The van der Waals surface area contributed by atoms with E-state index in [9.17, 15) is 9.18 Å². The van der Waals surface area contributed by atoms with Gasteiger partial charge in [-0.05, 0) is 31.0 Å². The Labute approximate surface area is 181 Å². The van der Waals surface area contributed by atoms with Gasteiger partial charge in [0.1, 0.15) is 5.82 Å². The topological polar surface area (TPSA) is 46.9 Å². The third-order valence-corrected chi connectivity index (χ3v) is 5.44. The fourth-order valence-corrected chi connectivity index (χ4v) is 3.80. The van der Waals surface area contributed by atoms with Crippen LogP contribution in [0.25, 0.3) is 0 Å². The first-order valence-electron chi connectivity index (χ1n) is 10.2. The first-order valence-corrected chi connectivity index (χ1v) is 10.2. The molecule has 3 aromatic carbocycles. The number of amides is 1. The van der Waals surface area contributed by atoms with E-state index in [2.05, 4.69) is 10.4 Å². The summed E-state index contributed by atoms with van der Waals surface area (Å²) in [5.74, 6) is -0.848. The lowest BCUT2D eigenvalue weighted by molar-refractivity contribution is -0.116. The zero-order chi connectivity index (χ0) is 21.8. The second kappa shape index (κ2) is 8.96. The van der Waals surface area contributed by atoms with Crippen LogP contribution in [-0.2, 0) is 11.3 Å². The van der Waals surface area contributed by atoms with Gasteiger partial charge >= 0.3 is 0 Å². The molecule has 0 saturated carbocycles. The van der Waals surface area contributed by atoms with Crippen molar-refractivity contribution >= 4 is 11.6 Å². The van der Waals surface area contributed by atoms with Gasteiger partial charge in [0.05, 0.1) is 29.5 Å². The average Bonchev–Trinajstić information content (AvgIpc) is 3.04. The number of carbonyl (C=O) groups excluding carboxylic acids is 1. The Morgan fingerprint density at radius 2 is 1.45 bits per heavy atom. The quantitative estimate of drug-likeness (QED) is 0.456. The molecule has 1 aromatic heterocycles. The zero-order valence-electron chi connectivity index (χ0n) is 17.5. The van der Waals surface area contributed by atoms with Crippen molar-refractivity contribution in [2.24, 2.45) is 0 Å². The Balaban J connectivity index is 1.64. The fourth-order valence-electron chi connectivity index (χ4n) is 3.80. The predicted octanol–water partition coefficient (Wildman–Crippen LogP) is 5.46. The summed E-state index contributed by atoms with van der Waals surface area (Å²) >= 11 is 0. The molecule has 4 nitrogen and oxygen atoms in total. The highest BCUT2D eigenvalue weighted by atomic mass is 19.1. The summed E-state index contributed by atoms with van der Waals surface area (Å²) in [5.41, 5.74) is 4.53. The lowest BCUT2D eigenvalue weighted by Gasteiger charge is -2.18. The summed E-state index contributed by atoms with van der Waals surface area (Å²) in [6.07, 6.45) is 0. The first kappa shape index (κ1) is 20.5. The SMILES string of the molecule is Cc1nn(Cc2ccccc2F)c(C)c1NC(=O)C(c1ccccc1)c1ccccc1. The lowest BCUT2D eigenvalue weighted by atomic mass is 9.90. The molecule has 1 N–H and O–H groups in total. The van der Waals surface area contributed by atoms with Crippen LogP contribution >= 0.6 is 0 Å². The number of nitrogens with one attached hydrogen (secondary N) is 1. The molecular weight excluding hydrogens is 389 g/mol. The number of benzene rings is 3. The lowest BCUT2D eigenvalue weighted by Crippen LogP contribution is -2.23. The van der Waals surface area contributed by atoms with Crippen molar-refractivity contribution in [3.63, 3.8) is 0 Å². The van der Waals surface area contributed by atoms with E-state index in [1.54, 1.807) is 22.9 Å². The van der Waals surface area contributed by atoms with Crippen LogP contribution in [0.2, 0.25) is 0 Å². The largest absolute Gasteiger partial charge is 0.322 e. The number of carbonyl (C=O) groups is 1. The summed E-state index contributed by atoms with van der Waals surface area (Å²) in [6.45, 7) is 4.03. The molecule has 4 rings (SSSR count). The third-order valence-electron chi connectivity index (χ3n) is 5.44. The molecule has 0 aliphatic rings. The molecule has 0 radical (unpaired) electrons. The molecular formula is C26H24FN3O. The monoisotopic (exact) mass is 413 g/mol. The molecule has 0 unspecified atom stereocenters. The van der Waals surface area contributed by atoms with Crippen molar-refractivity contribution in [1.82, 2.24) is 9.78 Å². The average molecular weight is 413 g/mol. The number of anilines is 1. The van der Waals surface area contributed by atoms with E-state index >= 15 is 0 Å². The Morgan fingerprint density at radius 1 is 0.903 bits per heavy atom. The first-order chi connectivity index (χ1) is 15.0. The molecule has 0 spiro atoms. The summed E-state index contributed by atoms with van der Waals surface area (Å²) in [7, 11) is 0. The van der Waals surface area contributed by atoms with Crippen LogP contribution in [0.3, 0.4) is 0 Å². The second-order valence-corrected chi connectivity index (χ2v) is 7.54. The summed E-state index contributed by atoms with van der Waals surface area (Å²) < 4.78 is 15.8. The molecule has 0 saturated heterocycles. The molecule has 0 atom stereocenters. The van der Waals surface area contributed by atoms with Crippen molar-refractivity contribution in [3.8, 4) is 0 Å². The minimum Gasteiger partial charge on any atom is -0.322 e. The molecule has 1 heterocycles. The van der Waals surface area contributed by atoms with Crippen molar-refractivity contribution in [3.05, 3.63) is 119 Å². The molecule has 0 fully saturated rings. The maximum atomic E-state index is 14.1. The minimum atomic E-state index is -0.448. The van der Waals surface area contributed by atoms with E-state index in [0.29, 0.717) is 23.5 Å². The zero-order valence-corrected chi connectivity index (χ0v) is 17.5. The van der Waals surface area contributed by atoms with Gasteiger partial charge in [-0.1, -0.05) is 78.9 Å². The number of rotatable bonds is 6. The molecule has 5 heteroatoms. The van der Waals surface area contributed by atoms with Gasteiger partial charge < -0.3 is 5.32 Å². The Kier molecular flexibility index (Phi) is 5.94. The van der Waals surface area contributed by atoms with Crippen LogP contribution < -0.4 is 5.32 Å². The normalized spacial score (nSPS) is 11.0. The highest BCUT2D eigenvalue weighted by Crippen LogP contribution is 2.28. The van der Waals surface area contributed by atoms with Crippen LogP contribution in [0.1, 0.15) is 34.0 Å². The van der Waals surface area contributed by atoms with Gasteiger partial charge in [0.15, 0.2) is 0 Å². The van der Waals surface area contributed by atoms with E-state index in [0.717, 1.165) is 16.8 Å². The van der Waals surface area contributed by atoms with Crippen LogP contribution in [0.4, 0.5) is 10.1 Å². The van der Waals surface area contributed by atoms with Gasteiger partial charge in [0, 0.05) is 5.56 Å². The fraction of sp³-hybridized carbons (Fsp3) is 0.154. The Morgan fingerprint density at radius 3 is 2.03 bits per heavy atom. The van der Waals surface area contributed by atoms with Crippen LogP contribution in [0.15, 0.2) is 84.9 Å². The van der Waals surface area contributed by atoms with E-state index in [4.69, 9.17) is 0 Å². The van der Waals surface area contributed by atoms with E-state index in [1.807, 2.05) is 74.5 Å². The standard InChI is InChI=1S/C26H24FN3O/c1-18-25(19(2)30(29-18)17-22-15-9-10-16-23(22)27)28-26(31)24(20-11-5-3-6-12-20)21-13-7-4-8-14-21/h3-16,24H,17H2,1-2H3,(H,28,31). The number of hydrogen-bond donors (Lipinski definition) is 1. The van der Waals surface area contributed by atoms with Crippen LogP contribution in [0, 0.1) is 19.7 Å². The van der Waals surface area contributed by atoms with Crippen LogP contribution in [0.5, 0.6) is 0 Å². The molecule has 0 aliphatic heterocycles. The van der Waals surface area contributed by atoms with Crippen LogP contribution in [-0.4, -0.2) is 15.7 Å². The van der Waals surface area contributed by atoms with Gasteiger partial charge in [-0.3, -0.25) is 9.48 Å². The molecule has 0 aliphatic carbocycles. The Bertz CT molecular complexity index is 1150. The van der Waals surface area contributed by atoms with Gasteiger partial charge in [0.2, 0.25) is 5.91 Å². The molecule has 4 aromatic rings.